The molecule has 6 heteroatoms. The molecule has 2 heterocycles. The molecule has 0 saturated heterocycles. The van der Waals surface area contributed by atoms with E-state index in [1.807, 2.05) is 24.3 Å². The number of rotatable bonds is 7. The highest BCUT2D eigenvalue weighted by Crippen LogP contribution is 2.33. The minimum absolute atomic E-state index is 0.279. The second kappa shape index (κ2) is 8.49. The van der Waals surface area contributed by atoms with Gasteiger partial charge in [0.1, 0.15) is 17.4 Å². The van der Waals surface area contributed by atoms with Crippen molar-refractivity contribution in [2.45, 2.75) is 26.3 Å². The highest BCUT2D eigenvalue weighted by atomic mass is 32.1. The molecule has 0 amide bonds. The Labute approximate surface area is 174 Å². The normalized spacial score (nSPS) is 11.1. The van der Waals surface area contributed by atoms with Crippen LogP contribution >= 0.6 is 11.3 Å². The zero-order chi connectivity index (χ0) is 20.2. The Morgan fingerprint density at radius 2 is 1.76 bits per heavy atom. The number of aromatic nitrogens is 2. The lowest BCUT2D eigenvalue weighted by Gasteiger charge is -2.13. The Balaban J connectivity index is 1.59. The lowest BCUT2D eigenvalue weighted by atomic mass is 10.1. The summed E-state index contributed by atoms with van der Waals surface area (Å²) in [4.78, 5) is 9.54. The van der Waals surface area contributed by atoms with E-state index in [9.17, 15) is 5.11 Å². The Bertz CT molecular complexity index is 1110. The number of phenolic OH excluding ortho intramolecular Hbond substituents is 1. The van der Waals surface area contributed by atoms with Crippen LogP contribution < -0.4 is 10.6 Å². The van der Waals surface area contributed by atoms with E-state index in [0.717, 1.165) is 41.6 Å². The number of hydrogen-bond acceptors (Lipinski definition) is 6. The number of nitrogens with zero attached hydrogens (tertiary/aromatic N) is 2. The van der Waals surface area contributed by atoms with Crippen molar-refractivity contribution in [2.24, 2.45) is 0 Å². The van der Waals surface area contributed by atoms with Crippen LogP contribution in [-0.4, -0.2) is 27.7 Å². The first kappa shape index (κ1) is 19.2. The lowest BCUT2D eigenvalue weighted by Crippen LogP contribution is -2.13. The molecule has 0 unspecified atom stereocenters. The minimum Gasteiger partial charge on any atom is -0.508 e. The van der Waals surface area contributed by atoms with Gasteiger partial charge in [-0.2, -0.15) is 0 Å². The van der Waals surface area contributed by atoms with E-state index in [-0.39, 0.29) is 11.8 Å². The van der Waals surface area contributed by atoms with Gasteiger partial charge in [0.15, 0.2) is 5.82 Å². The molecular formula is C23H24N4OS. The summed E-state index contributed by atoms with van der Waals surface area (Å²) in [6.45, 7) is 4.94. The molecule has 29 heavy (non-hydrogen) atoms. The topological polar surface area (TPSA) is 70.1 Å². The van der Waals surface area contributed by atoms with E-state index in [2.05, 4.69) is 48.1 Å². The van der Waals surface area contributed by atoms with Gasteiger partial charge in [0, 0.05) is 39.7 Å². The van der Waals surface area contributed by atoms with Gasteiger partial charge in [-0.3, -0.25) is 0 Å². The molecule has 5 nitrogen and oxygen atoms in total. The van der Waals surface area contributed by atoms with Gasteiger partial charge in [0.25, 0.3) is 0 Å². The molecule has 4 rings (SSSR count). The largest absolute Gasteiger partial charge is 0.508 e. The van der Waals surface area contributed by atoms with Crippen LogP contribution in [0, 0.1) is 0 Å². The number of phenols is 1. The first-order valence-electron chi connectivity index (χ1n) is 9.72. The van der Waals surface area contributed by atoms with Crippen molar-refractivity contribution in [1.82, 2.24) is 9.97 Å². The molecule has 0 bridgehead atoms. The molecule has 148 valence electrons. The first-order chi connectivity index (χ1) is 14.1. The van der Waals surface area contributed by atoms with Crippen molar-refractivity contribution in [2.75, 3.05) is 17.2 Å². The molecule has 0 radical (unpaired) electrons. The van der Waals surface area contributed by atoms with Gasteiger partial charge in [-0.25, -0.2) is 9.97 Å². The number of benzene rings is 2. The smallest absolute Gasteiger partial charge is 0.165 e. The molecule has 0 aliphatic carbocycles. The van der Waals surface area contributed by atoms with Crippen LogP contribution in [0.5, 0.6) is 5.75 Å². The van der Waals surface area contributed by atoms with Crippen LogP contribution in [0.4, 0.5) is 11.6 Å². The standard InChI is InChI=1S/C23H24N4OS/c1-15(2)25-22-13-21(24-12-11-16-7-9-17(28)10-8-16)26-23(27-22)19-14-29-20-6-4-3-5-18(19)20/h3-10,13-15,28H,11-12H2,1-2H3,(H2,24,25,26,27). The molecule has 0 aliphatic rings. The maximum absolute atomic E-state index is 9.42. The third-order valence-electron chi connectivity index (χ3n) is 4.54. The van der Waals surface area contributed by atoms with Crippen molar-refractivity contribution in [3.8, 4) is 17.1 Å². The highest BCUT2D eigenvalue weighted by Gasteiger charge is 2.12. The minimum atomic E-state index is 0.279. The molecular weight excluding hydrogens is 380 g/mol. The Kier molecular flexibility index (Phi) is 5.62. The molecule has 0 fully saturated rings. The second-order valence-corrected chi connectivity index (χ2v) is 8.16. The maximum atomic E-state index is 9.42. The average Bonchev–Trinajstić information content (AvgIpc) is 3.13. The third-order valence-corrected chi connectivity index (χ3v) is 5.50. The second-order valence-electron chi connectivity index (χ2n) is 7.25. The van der Waals surface area contributed by atoms with Crippen molar-refractivity contribution in [3.63, 3.8) is 0 Å². The van der Waals surface area contributed by atoms with Crippen LogP contribution in [0.15, 0.2) is 60.0 Å². The number of anilines is 2. The van der Waals surface area contributed by atoms with Gasteiger partial charge in [0.05, 0.1) is 0 Å². The molecule has 3 N–H and O–H groups in total. The van der Waals surface area contributed by atoms with Crippen molar-refractivity contribution < 1.29 is 5.11 Å². The molecule has 0 spiro atoms. The van der Waals surface area contributed by atoms with E-state index >= 15 is 0 Å². The van der Waals surface area contributed by atoms with Gasteiger partial charge in [-0.15, -0.1) is 11.3 Å². The van der Waals surface area contributed by atoms with Crippen molar-refractivity contribution in [1.29, 1.82) is 0 Å². The summed E-state index contributed by atoms with van der Waals surface area (Å²) in [6.07, 6.45) is 0.841. The number of aromatic hydroxyl groups is 1. The molecule has 2 aromatic carbocycles. The van der Waals surface area contributed by atoms with Crippen LogP contribution in [0.25, 0.3) is 21.5 Å². The van der Waals surface area contributed by atoms with Gasteiger partial charge >= 0.3 is 0 Å². The summed E-state index contributed by atoms with van der Waals surface area (Å²) >= 11 is 1.71. The Hall–Kier alpha value is -3.12. The number of hydrogen-bond donors (Lipinski definition) is 3. The lowest BCUT2D eigenvalue weighted by molar-refractivity contribution is 0.475. The maximum Gasteiger partial charge on any atom is 0.165 e. The van der Waals surface area contributed by atoms with Crippen LogP contribution in [0.1, 0.15) is 19.4 Å². The Morgan fingerprint density at radius 3 is 2.55 bits per heavy atom. The van der Waals surface area contributed by atoms with Gasteiger partial charge in [-0.1, -0.05) is 30.3 Å². The van der Waals surface area contributed by atoms with Crippen molar-refractivity contribution in [3.05, 3.63) is 65.5 Å². The summed E-state index contributed by atoms with van der Waals surface area (Å²) in [5.74, 6) is 2.62. The van der Waals surface area contributed by atoms with Gasteiger partial charge in [-0.05, 0) is 44.0 Å². The highest BCUT2D eigenvalue weighted by molar-refractivity contribution is 7.17. The van der Waals surface area contributed by atoms with Gasteiger partial charge < -0.3 is 15.7 Å². The predicted molar refractivity (Wildman–Crippen MR) is 122 cm³/mol. The SMILES string of the molecule is CC(C)Nc1cc(NCCc2ccc(O)cc2)nc(-c2csc3ccccc23)n1. The monoisotopic (exact) mass is 404 g/mol. The third kappa shape index (κ3) is 4.66. The van der Waals surface area contributed by atoms with Gasteiger partial charge in [0.2, 0.25) is 0 Å². The summed E-state index contributed by atoms with van der Waals surface area (Å²) in [5.41, 5.74) is 2.22. The molecule has 4 aromatic rings. The van der Waals surface area contributed by atoms with Crippen LogP contribution in [0.3, 0.4) is 0 Å². The fourth-order valence-electron chi connectivity index (χ4n) is 3.18. The van der Waals surface area contributed by atoms with Crippen molar-refractivity contribution >= 4 is 33.1 Å². The fraction of sp³-hybridized carbons (Fsp3) is 0.217. The van der Waals surface area contributed by atoms with E-state index in [0.29, 0.717) is 0 Å². The Morgan fingerprint density at radius 1 is 1.00 bits per heavy atom. The van der Waals surface area contributed by atoms with E-state index in [4.69, 9.17) is 9.97 Å². The number of nitrogens with one attached hydrogen (secondary N) is 2. The van der Waals surface area contributed by atoms with E-state index in [1.165, 1.54) is 10.1 Å². The summed E-state index contributed by atoms with van der Waals surface area (Å²) in [7, 11) is 0. The predicted octanol–water partition coefficient (Wildman–Crippen LogP) is 5.54. The molecule has 2 aromatic heterocycles. The van der Waals surface area contributed by atoms with E-state index in [1.54, 1.807) is 23.5 Å². The summed E-state index contributed by atoms with van der Waals surface area (Å²) in [5, 5.41) is 19.5. The fourth-order valence-corrected chi connectivity index (χ4v) is 4.12. The average molecular weight is 405 g/mol. The zero-order valence-corrected chi connectivity index (χ0v) is 17.3. The van der Waals surface area contributed by atoms with Crippen LogP contribution in [0.2, 0.25) is 0 Å². The molecule has 0 saturated carbocycles. The molecule has 0 atom stereocenters. The molecule has 0 aliphatic heterocycles. The van der Waals surface area contributed by atoms with E-state index < -0.39 is 0 Å². The summed E-state index contributed by atoms with van der Waals surface area (Å²) < 4.78 is 1.23. The van der Waals surface area contributed by atoms with Crippen LogP contribution in [-0.2, 0) is 6.42 Å². The quantitative estimate of drug-likeness (QED) is 0.377. The number of thiophene rings is 1. The first-order valence-corrected chi connectivity index (χ1v) is 10.6. The number of fused-ring (bicyclic) bond motifs is 1. The summed E-state index contributed by atoms with van der Waals surface area (Å²) in [6, 6.07) is 17.9. The zero-order valence-electron chi connectivity index (χ0n) is 16.5.